The van der Waals surface area contributed by atoms with Crippen LogP contribution in [0.1, 0.15) is 35.3 Å². The summed E-state index contributed by atoms with van der Waals surface area (Å²) in [6.45, 7) is 2.03. The molecule has 1 saturated carbocycles. The second kappa shape index (κ2) is 5.26. The molecule has 104 valence electrons. The molecular formula is C12H17N3O3S. The molecule has 0 radical (unpaired) electrons. The Hall–Kier alpha value is -1.47. The lowest BCUT2D eigenvalue weighted by molar-refractivity contribution is -0.144. The second-order valence-electron chi connectivity index (χ2n) is 4.90. The fraction of sp³-hybridized carbons (Fsp3) is 0.583. The van der Waals surface area contributed by atoms with Gasteiger partial charge in [-0.1, -0.05) is 0 Å². The van der Waals surface area contributed by atoms with Gasteiger partial charge < -0.3 is 16.2 Å². The van der Waals surface area contributed by atoms with Gasteiger partial charge in [0.25, 0.3) is 5.91 Å². The molecule has 2 rings (SSSR count). The number of thiazole rings is 1. The molecule has 1 aliphatic rings. The molecule has 1 amide bonds. The van der Waals surface area contributed by atoms with E-state index < -0.39 is 17.4 Å². The predicted octanol–water partition coefficient (Wildman–Crippen LogP) is 0.627. The van der Waals surface area contributed by atoms with Gasteiger partial charge in [-0.05, 0) is 32.2 Å². The van der Waals surface area contributed by atoms with Gasteiger partial charge in [-0.2, -0.15) is 0 Å². The van der Waals surface area contributed by atoms with E-state index in [0.29, 0.717) is 13.0 Å². The number of aromatic nitrogens is 1. The van der Waals surface area contributed by atoms with E-state index in [4.69, 9.17) is 5.73 Å². The first kappa shape index (κ1) is 14.0. The average molecular weight is 283 g/mol. The highest BCUT2D eigenvalue weighted by Gasteiger charge is 2.48. The Morgan fingerprint density at radius 3 is 2.84 bits per heavy atom. The summed E-state index contributed by atoms with van der Waals surface area (Å²) in [5.41, 5.74) is 4.49. The number of rotatable bonds is 6. The molecule has 1 fully saturated rings. The smallest absolute Gasteiger partial charge is 0.329 e. The Balaban J connectivity index is 2.08. The zero-order valence-electron chi connectivity index (χ0n) is 10.7. The zero-order valence-corrected chi connectivity index (χ0v) is 11.5. The average Bonchev–Trinajstić information content (AvgIpc) is 3.10. The van der Waals surface area contributed by atoms with E-state index in [2.05, 4.69) is 10.3 Å². The maximum atomic E-state index is 12.1. The Morgan fingerprint density at radius 1 is 1.63 bits per heavy atom. The van der Waals surface area contributed by atoms with Crippen molar-refractivity contribution in [1.29, 1.82) is 0 Å². The van der Waals surface area contributed by atoms with Crippen LogP contribution in [0.4, 0.5) is 0 Å². The van der Waals surface area contributed by atoms with Crippen LogP contribution in [0.2, 0.25) is 0 Å². The molecule has 1 aromatic heterocycles. The fourth-order valence-electron chi connectivity index (χ4n) is 1.94. The highest BCUT2D eigenvalue weighted by atomic mass is 32.1. The Labute approximate surface area is 115 Å². The normalized spacial score (nSPS) is 17.8. The van der Waals surface area contributed by atoms with Crippen molar-refractivity contribution in [2.75, 3.05) is 6.54 Å². The summed E-state index contributed by atoms with van der Waals surface area (Å²) < 4.78 is 0. The molecule has 1 heterocycles. The van der Waals surface area contributed by atoms with E-state index in [1.807, 2.05) is 0 Å². The summed E-state index contributed by atoms with van der Waals surface area (Å²) in [4.78, 5) is 27.5. The van der Waals surface area contributed by atoms with Crippen molar-refractivity contribution in [3.05, 3.63) is 16.1 Å². The van der Waals surface area contributed by atoms with Gasteiger partial charge in [-0.25, -0.2) is 9.78 Å². The first-order valence-electron chi connectivity index (χ1n) is 6.17. The predicted molar refractivity (Wildman–Crippen MR) is 71.1 cm³/mol. The van der Waals surface area contributed by atoms with Crippen LogP contribution in [-0.2, 0) is 11.2 Å². The van der Waals surface area contributed by atoms with Crippen molar-refractivity contribution in [1.82, 2.24) is 10.3 Å². The van der Waals surface area contributed by atoms with Gasteiger partial charge in [0.2, 0.25) is 0 Å². The first-order valence-corrected chi connectivity index (χ1v) is 7.05. The monoisotopic (exact) mass is 283 g/mol. The van der Waals surface area contributed by atoms with Crippen LogP contribution in [0.5, 0.6) is 0 Å². The van der Waals surface area contributed by atoms with Crippen molar-refractivity contribution in [2.24, 2.45) is 11.7 Å². The van der Waals surface area contributed by atoms with Crippen LogP contribution in [0, 0.1) is 5.92 Å². The molecule has 0 spiro atoms. The summed E-state index contributed by atoms with van der Waals surface area (Å²) in [6.07, 6.45) is 2.29. The van der Waals surface area contributed by atoms with Gasteiger partial charge in [0.1, 0.15) is 11.2 Å². The molecule has 1 aliphatic carbocycles. The Bertz CT molecular complexity index is 498. The van der Waals surface area contributed by atoms with Crippen LogP contribution in [0.3, 0.4) is 0 Å². The zero-order chi connectivity index (χ0) is 14.0. The highest BCUT2D eigenvalue weighted by molar-refractivity contribution is 7.09. The van der Waals surface area contributed by atoms with Crippen molar-refractivity contribution in [2.45, 2.75) is 31.7 Å². The third kappa shape index (κ3) is 2.93. The molecule has 1 atom stereocenters. The minimum atomic E-state index is -1.20. The largest absolute Gasteiger partial charge is 0.480 e. The lowest BCUT2D eigenvalue weighted by Crippen LogP contribution is -2.54. The number of carbonyl (C=O) groups excluding carboxylic acids is 1. The van der Waals surface area contributed by atoms with Gasteiger partial charge in [0, 0.05) is 11.8 Å². The third-order valence-corrected chi connectivity index (χ3v) is 4.26. The van der Waals surface area contributed by atoms with E-state index in [1.165, 1.54) is 11.3 Å². The second-order valence-corrected chi connectivity index (χ2v) is 5.84. The molecule has 4 N–H and O–H groups in total. The molecule has 19 heavy (non-hydrogen) atoms. The van der Waals surface area contributed by atoms with Crippen LogP contribution in [0.15, 0.2) is 5.38 Å². The molecule has 6 nitrogen and oxygen atoms in total. The summed E-state index contributed by atoms with van der Waals surface area (Å²) in [7, 11) is 0. The first-order chi connectivity index (χ1) is 8.97. The molecule has 0 saturated heterocycles. The molecule has 0 bridgehead atoms. The number of nitrogens with two attached hydrogens (primary N) is 1. The lowest BCUT2D eigenvalue weighted by atomic mass is 9.96. The van der Waals surface area contributed by atoms with Crippen LogP contribution in [0.25, 0.3) is 0 Å². The summed E-state index contributed by atoms with van der Waals surface area (Å²) in [5.74, 6) is -1.42. The number of amides is 1. The molecule has 0 aliphatic heterocycles. The molecule has 1 unspecified atom stereocenters. The fourth-order valence-corrected chi connectivity index (χ4v) is 2.74. The van der Waals surface area contributed by atoms with E-state index >= 15 is 0 Å². The van der Waals surface area contributed by atoms with Gasteiger partial charge in [-0.15, -0.1) is 11.3 Å². The number of nitrogens with zero attached hydrogens (tertiary/aromatic N) is 1. The lowest BCUT2D eigenvalue weighted by Gasteiger charge is -2.25. The number of hydrogen-bond donors (Lipinski definition) is 3. The van der Waals surface area contributed by atoms with Gasteiger partial charge in [-0.3, -0.25) is 4.79 Å². The minimum Gasteiger partial charge on any atom is -0.480 e. The molecule has 1 aromatic rings. The molecule has 7 heteroatoms. The highest BCUT2D eigenvalue weighted by Crippen LogP contribution is 2.39. The number of carbonyl (C=O) groups is 2. The van der Waals surface area contributed by atoms with Gasteiger partial charge in [0.05, 0.1) is 5.01 Å². The van der Waals surface area contributed by atoms with Crippen molar-refractivity contribution < 1.29 is 14.7 Å². The number of carboxylic acid groups (broad SMARTS) is 1. The Morgan fingerprint density at radius 2 is 2.32 bits per heavy atom. The minimum absolute atomic E-state index is 0.0103. The number of nitrogens with one attached hydrogen (secondary N) is 1. The topological polar surface area (TPSA) is 105 Å². The van der Waals surface area contributed by atoms with Gasteiger partial charge >= 0.3 is 5.97 Å². The van der Waals surface area contributed by atoms with E-state index in [-0.39, 0.29) is 11.6 Å². The molecular weight excluding hydrogens is 266 g/mol. The third-order valence-electron chi connectivity index (χ3n) is 3.35. The van der Waals surface area contributed by atoms with E-state index in [0.717, 1.165) is 17.8 Å². The number of hydrogen-bond acceptors (Lipinski definition) is 5. The summed E-state index contributed by atoms with van der Waals surface area (Å²) in [6, 6.07) is 0. The number of carboxylic acids is 1. The van der Waals surface area contributed by atoms with Crippen LogP contribution < -0.4 is 11.1 Å². The van der Waals surface area contributed by atoms with Gasteiger partial charge in [0.15, 0.2) is 0 Å². The van der Waals surface area contributed by atoms with Crippen molar-refractivity contribution in [3.8, 4) is 0 Å². The quantitative estimate of drug-likeness (QED) is 0.710. The van der Waals surface area contributed by atoms with Crippen LogP contribution in [-0.4, -0.2) is 34.1 Å². The summed E-state index contributed by atoms with van der Waals surface area (Å²) in [5, 5.41) is 14.3. The van der Waals surface area contributed by atoms with E-state index in [1.54, 1.807) is 12.3 Å². The summed E-state index contributed by atoms with van der Waals surface area (Å²) >= 11 is 1.36. The van der Waals surface area contributed by atoms with Crippen LogP contribution >= 0.6 is 11.3 Å². The maximum Gasteiger partial charge on any atom is 0.329 e. The maximum absolute atomic E-state index is 12.1. The van der Waals surface area contributed by atoms with Crippen molar-refractivity contribution in [3.63, 3.8) is 0 Å². The number of aliphatic carboxylic acids is 1. The molecule has 0 aromatic carbocycles. The standard InChI is InChI=1S/C12H17N3O3S/c1-12(11(17)18,7-2-3-7)15-10(16)8-6-19-9(14-8)4-5-13/h6-7H,2-5,13H2,1H3,(H,15,16)(H,17,18). The SMILES string of the molecule is CC(NC(=O)c1csc(CCN)n1)(C(=O)O)C1CC1. The van der Waals surface area contributed by atoms with Crippen molar-refractivity contribution >= 4 is 23.2 Å². The Kier molecular flexibility index (Phi) is 3.86. The van der Waals surface area contributed by atoms with E-state index in [9.17, 15) is 14.7 Å².